The van der Waals surface area contributed by atoms with Gasteiger partial charge in [0.05, 0.1) is 17.5 Å². The fraction of sp³-hybridized carbons (Fsp3) is 0.250. The number of H-pyrrole nitrogens is 1. The van der Waals surface area contributed by atoms with E-state index in [4.69, 9.17) is 10.5 Å². The zero-order valence-corrected chi connectivity index (χ0v) is 17.6. The van der Waals surface area contributed by atoms with Crippen molar-refractivity contribution in [1.29, 1.82) is 0 Å². The Morgan fingerprint density at radius 1 is 1.20 bits per heavy atom. The topological polar surface area (TPSA) is 124 Å². The second-order valence-corrected chi connectivity index (χ2v) is 7.74. The van der Waals surface area contributed by atoms with Crippen LogP contribution in [0.3, 0.4) is 0 Å². The molecule has 3 heterocycles. The molecular formula is C20H22N6O3S. The smallest absolute Gasteiger partial charge is 0.256 e. The lowest BCUT2D eigenvalue weighted by Gasteiger charge is -2.12. The van der Waals surface area contributed by atoms with E-state index < -0.39 is 6.23 Å². The number of pyridine rings is 1. The Morgan fingerprint density at radius 2 is 1.93 bits per heavy atom. The first kappa shape index (κ1) is 20.0. The fourth-order valence-electron chi connectivity index (χ4n) is 3.24. The second kappa shape index (κ2) is 7.88. The van der Waals surface area contributed by atoms with Gasteiger partial charge in [0.2, 0.25) is 5.95 Å². The normalized spacial score (nSPS) is 12.6. The number of nitrogens with one attached hydrogen (secondary N) is 1. The third-order valence-corrected chi connectivity index (χ3v) is 5.12. The number of nitrogens with two attached hydrogens (primary N) is 1. The zero-order valence-electron chi connectivity index (χ0n) is 16.7. The van der Waals surface area contributed by atoms with E-state index in [0.717, 1.165) is 11.1 Å². The molecule has 4 N–H and O–H groups in total. The molecule has 4 aromatic rings. The van der Waals surface area contributed by atoms with Crippen molar-refractivity contribution in [3.8, 4) is 11.4 Å². The van der Waals surface area contributed by atoms with Crippen molar-refractivity contribution in [2.45, 2.75) is 31.3 Å². The highest BCUT2D eigenvalue weighted by atomic mass is 32.2. The van der Waals surface area contributed by atoms with Crippen LogP contribution in [0.5, 0.6) is 5.75 Å². The number of aliphatic hydroxyl groups is 1. The van der Waals surface area contributed by atoms with Crippen molar-refractivity contribution in [3.05, 3.63) is 58.5 Å². The summed E-state index contributed by atoms with van der Waals surface area (Å²) in [6, 6.07) is 12.3. The highest BCUT2D eigenvalue weighted by molar-refractivity contribution is 7.98. The van der Waals surface area contributed by atoms with E-state index in [-0.39, 0.29) is 17.6 Å². The molecule has 0 radical (unpaired) electrons. The van der Waals surface area contributed by atoms with Crippen molar-refractivity contribution in [2.24, 2.45) is 0 Å². The van der Waals surface area contributed by atoms with Gasteiger partial charge >= 0.3 is 0 Å². The molecule has 4 rings (SSSR count). The molecule has 30 heavy (non-hydrogen) atoms. The van der Waals surface area contributed by atoms with E-state index in [2.05, 4.69) is 15.1 Å². The molecule has 1 unspecified atom stereocenters. The van der Waals surface area contributed by atoms with Crippen molar-refractivity contribution in [1.82, 2.24) is 24.3 Å². The summed E-state index contributed by atoms with van der Waals surface area (Å²) in [6.07, 6.45) is 0.754. The van der Waals surface area contributed by atoms with Gasteiger partial charge in [-0.15, -0.1) is 5.10 Å². The van der Waals surface area contributed by atoms with E-state index >= 15 is 0 Å². The number of aromatic amines is 1. The van der Waals surface area contributed by atoms with Crippen molar-refractivity contribution < 1.29 is 9.84 Å². The third kappa shape index (κ3) is 3.66. The number of ether oxygens (including phenoxy) is 1. The summed E-state index contributed by atoms with van der Waals surface area (Å²) in [7, 11) is 0. The maximum atomic E-state index is 12.7. The molecule has 10 heteroatoms. The van der Waals surface area contributed by atoms with Gasteiger partial charge in [0, 0.05) is 11.5 Å². The van der Waals surface area contributed by atoms with Crippen LogP contribution in [0.25, 0.3) is 16.7 Å². The maximum absolute atomic E-state index is 12.7. The van der Waals surface area contributed by atoms with Crippen LogP contribution in [0.2, 0.25) is 0 Å². The number of benzene rings is 1. The second-order valence-electron chi connectivity index (χ2n) is 6.97. The molecule has 0 amide bonds. The average molecular weight is 427 g/mol. The van der Waals surface area contributed by atoms with Gasteiger partial charge in [-0.2, -0.15) is 4.98 Å². The molecule has 0 aliphatic heterocycles. The first-order valence-corrected chi connectivity index (χ1v) is 10.6. The van der Waals surface area contributed by atoms with E-state index in [1.54, 1.807) is 16.7 Å². The van der Waals surface area contributed by atoms with Crippen LogP contribution >= 0.6 is 11.8 Å². The standard InChI is InChI=1S/C20H22N6O3S/c1-11(2)29-14-7-5-13(6-8-14)25-16(27)9-4-12-10-15(22-17(12)25)18(28)26-20(30-3)23-19(21)24-26/h4-11,18,22,28H,1-3H3,(H2,21,24). The lowest BCUT2D eigenvalue weighted by atomic mass is 10.2. The molecule has 0 saturated heterocycles. The zero-order chi connectivity index (χ0) is 21.4. The van der Waals surface area contributed by atoms with Gasteiger partial charge in [-0.1, -0.05) is 11.8 Å². The maximum Gasteiger partial charge on any atom is 0.256 e. The SMILES string of the molecule is CSc1nc(N)nn1C(O)c1cc2ccc(=O)n(-c3ccc(OC(C)C)cc3)c2[nH]1. The Labute approximate surface area is 176 Å². The molecule has 1 aromatic carbocycles. The van der Waals surface area contributed by atoms with Gasteiger partial charge in [-0.05, 0) is 56.5 Å². The van der Waals surface area contributed by atoms with Crippen LogP contribution in [0.1, 0.15) is 25.8 Å². The number of aliphatic hydroxyl groups excluding tert-OH is 1. The van der Waals surface area contributed by atoms with Crippen LogP contribution in [-0.2, 0) is 0 Å². The monoisotopic (exact) mass is 426 g/mol. The molecule has 9 nitrogen and oxygen atoms in total. The molecule has 0 saturated carbocycles. The van der Waals surface area contributed by atoms with Crippen LogP contribution in [0.4, 0.5) is 5.95 Å². The van der Waals surface area contributed by atoms with Crippen LogP contribution in [0.15, 0.2) is 52.4 Å². The summed E-state index contributed by atoms with van der Waals surface area (Å²) in [4.78, 5) is 19.9. The Hall–Kier alpha value is -3.24. The molecule has 156 valence electrons. The predicted octanol–water partition coefficient (Wildman–Crippen LogP) is 2.54. The molecule has 0 spiro atoms. The van der Waals surface area contributed by atoms with Crippen molar-refractivity contribution in [3.63, 3.8) is 0 Å². The number of hydrogen-bond acceptors (Lipinski definition) is 7. The van der Waals surface area contributed by atoms with Gasteiger partial charge in [-0.3, -0.25) is 9.36 Å². The Bertz CT molecular complexity index is 1240. The van der Waals surface area contributed by atoms with E-state index in [1.807, 2.05) is 44.4 Å². The minimum absolute atomic E-state index is 0.0615. The number of nitrogen functional groups attached to an aromatic ring is 1. The van der Waals surface area contributed by atoms with Gasteiger partial charge in [0.15, 0.2) is 11.4 Å². The number of anilines is 1. The Balaban J connectivity index is 1.78. The van der Waals surface area contributed by atoms with Crippen molar-refractivity contribution in [2.75, 3.05) is 12.0 Å². The van der Waals surface area contributed by atoms with Gasteiger partial charge in [0.25, 0.3) is 5.56 Å². The molecule has 0 fully saturated rings. The number of rotatable bonds is 6. The van der Waals surface area contributed by atoms with Crippen molar-refractivity contribution >= 4 is 28.7 Å². The minimum atomic E-state index is -1.13. The van der Waals surface area contributed by atoms with Crippen LogP contribution in [0, 0.1) is 0 Å². The molecular weight excluding hydrogens is 404 g/mol. The highest BCUT2D eigenvalue weighted by Crippen LogP contribution is 2.26. The fourth-order valence-corrected chi connectivity index (χ4v) is 3.75. The number of hydrogen-bond donors (Lipinski definition) is 3. The molecule has 0 aliphatic carbocycles. The predicted molar refractivity (Wildman–Crippen MR) is 116 cm³/mol. The largest absolute Gasteiger partial charge is 0.491 e. The highest BCUT2D eigenvalue weighted by Gasteiger charge is 2.20. The molecule has 0 bridgehead atoms. The van der Waals surface area contributed by atoms with Gasteiger partial charge in [-0.25, -0.2) is 4.68 Å². The first-order valence-electron chi connectivity index (χ1n) is 9.33. The Morgan fingerprint density at radius 3 is 2.60 bits per heavy atom. The number of thioether (sulfide) groups is 1. The van der Waals surface area contributed by atoms with Crippen LogP contribution in [-0.4, -0.2) is 41.8 Å². The first-order chi connectivity index (χ1) is 14.4. The summed E-state index contributed by atoms with van der Waals surface area (Å²) in [5, 5.41) is 16.1. The number of nitrogens with zero attached hydrogens (tertiary/aromatic N) is 4. The quantitative estimate of drug-likeness (QED) is 0.405. The molecule has 3 aromatic heterocycles. The lowest BCUT2D eigenvalue weighted by Crippen LogP contribution is -2.17. The Kier molecular flexibility index (Phi) is 5.27. The summed E-state index contributed by atoms with van der Waals surface area (Å²) >= 11 is 1.32. The molecule has 1 atom stereocenters. The average Bonchev–Trinajstić information content (AvgIpc) is 3.31. The van der Waals surface area contributed by atoms with E-state index in [1.165, 1.54) is 22.5 Å². The minimum Gasteiger partial charge on any atom is -0.491 e. The van der Waals surface area contributed by atoms with Gasteiger partial charge < -0.3 is 20.6 Å². The summed E-state index contributed by atoms with van der Waals surface area (Å²) in [6.45, 7) is 3.91. The van der Waals surface area contributed by atoms with Gasteiger partial charge in [0.1, 0.15) is 11.4 Å². The summed E-state index contributed by atoms with van der Waals surface area (Å²) in [5.41, 5.74) is 7.18. The van der Waals surface area contributed by atoms with E-state index in [9.17, 15) is 9.90 Å². The summed E-state index contributed by atoms with van der Waals surface area (Å²) < 4.78 is 8.57. The van der Waals surface area contributed by atoms with Crippen LogP contribution < -0.4 is 16.0 Å². The third-order valence-electron chi connectivity index (χ3n) is 4.47. The summed E-state index contributed by atoms with van der Waals surface area (Å²) in [5.74, 6) is 0.806. The lowest BCUT2D eigenvalue weighted by molar-refractivity contribution is 0.118. The number of aromatic nitrogens is 5. The molecule has 0 aliphatic rings. The number of fused-ring (bicyclic) bond motifs is 1. The van der Waals surface area contributed by atoms with E-state index in [0.29, 0.717) is 22.2 Å².